The van der Waals surface area contributed by atoms with Crippen molar-refractivity contribution in [1.82, 2.24) is 14.8 Å². The van der Waals surface area contributed by atoms with Gasteiger partial charge in [-0.25, -0.2) is 0 Å². The molecule has 0 saturated heterocycles. The minimum atomic E-state index is 0.344. The van der Waals surface area contributed by atoms with Gasteiger partial charge in [0.1, 0.15) is 5.82 Å². The number of aromatic amines is 1. The molecule has 3 nitrogen and oxygen atoms in total. The molecule has 1 fully saturated rings. The number of H-pyrrole nitrogens is 1. The molecule has 5 heteroatoms. The van der Waals surface area contributed by atoms with Crippen molar-refractivity contribution in [3.63, 3.8) is 0 Å². The van der Waals surface area contributed by atoms with Gasteiger partial charge in [-0.2, -0.15) is 5.10 Å². The molecule has 3 rings (SSSR count). The minimum Gasteiger partial charge on any atom is -0.295 e. The largest absolute Gasteiger partial charge is 0.295 e. The first-order chi connectivity index (χ1) is 8.31. The third-order valence-corrected chi connectivity index (χ3v) is 4.51. The summed E-state index contributed by atoms with van der Waals surface area (Å²) in [7, 11) is 0. The molecule has 2 aromatic heterocycles. The second kappa shape index (κ2) is 4.38. The number of hydrogen-bond donors (Lipinski definition) is 1. The van der Waals surface area contributed by atoms with Crippen molar-refractivity contribution in [2.24, 2.45) is 0 Å². The van der Waals surface area contributed by atoms with Gasteiger partial charge in [-0.3, -0.25) is 9.67 Å². The van der Waals surface area contributed by atoms with Crippen LogP contribution in [0.5, 0.6) is 0 Å². The molecule has 0 amide bonds. The highest BCUT2D eigenvalue weighted by Gasteiger charge is 2.31. The molecular formula is C12H15N3S2. The zero-order valence-corrected chi connectivity index (χ0v) is 11.4. The van der Waals surface area contributed by atoms with Crippen molar-refractivity contribution in [2.75, 3.05) is 0 Å². The summed E-state index contributed by atoms with van der Waals surface area (Å²) in [5, 5.41) is 9.49. The summed E-state index contributed by atoms with van der Waals surface area (Å²) in [6, 6.07) is 4.63. The number of nitrogens with one attached hydrogen (secondary N) is 1. The number of aromatic nitrogens is 3. The smallest absolute Gasteiger partial charge is 0.195 e. The molecule has 2 heterocycles. The van der Waals surface area contributed by atoms with Gasteiger partial charge in [0.05, 0.1) is 6.04 Å². The molecule has 0 aliphatic heterocycles. The highest BCUT2D eigenvalue weighted by Crippen LogP contribution is 2.41. The van der Waals surface area contributed by atoms with Crippen LogP contribution in [0.15, 0.2) is 17.5 Å². The molecule has 17 heavy (non-hydrogen) atoms. The lowest BCUT2D eigenvalue weighted by Gasteiger charge is -2.17. The Morgan fingerprint density at radius 1 is 1.65 bits per heavy atom. The highest BCUT2D eigenvalue weighted by atomic mass is 32.1. The summed E-state index contributed by atoms with van der Waals surface area (Å²) in [4.78, 5) is 1.37. The third-order valence-electron chi connectivity index (χ3n) is 3.24. The fourth-order valence-corrected chi connectivity index (χ4v) is 3.41. The van der Waals surface area contributed by atoms with Gasteiger partial charge in [0.25, 0.3) is 0 Å². The van der Waals surface area contributed by atoms with Crippen molar-refractivity contribution in [1.29, 1.82) is 0 Å². The standard InChI is InChI=1S/C12H15N3S2/c1-2-9(10-4-3-7-17-10)15-11(8-5-6-8)13-14-12(15)16/h3-4,7-9H,2,5-6H2,1H3,(H,14,16). The van der Waals surface area contributed by atoms with E-state index in [1.807, 2.05) is 0 Å². The van der Waals surface area contributed by atoms with Crippen molar-refractivity contribution in [3.05, 3.63) is 33.0 Å². The Bertz CT molecular complexity index is 549. The van der Waals surface area contributed by atoms with Gasteiger partial charge in [0, 0.05) is 10.8 Å². The van der Waals surface area contributed by atoms with E-state index in [2.05, 4.69) is 39.2 Å². The van der Waals surface area contributed by atoms with Gasteiger partial charge in [0.2, 0.25) is 0 Å². The molecule has 1 atom stereocenters. The Hall–Kier alpha value is -0.940. The number of rotatable bonds is 4. The van der Waals surface area contributed by atoms with Crippen LogP contribution in [0.4, 0.5) is 0 Å². The third kappa shape index (κ3) is 1.98. The fourth-order valence-electron chi connectivity index (χ4n) is 2.24. The lowest BCUT2D eigenvalue weighted by molar-refractivity contribution is 0.544. The lowest BCUT2D eigenvalue weighted by atomic mass is 10.2. The van der Waals surface area contributed by atoms with Gasteiger partial charge in [-0.1, -0.05) is 13.0 Å². The second-order valence-electron chi connectivity index (χ2n) is 4.47. The van der Waals surface area contributed by atoms with Crippen molar-refractivity contribution in [2.45, 2.75) is 38.1 Å². The Labute approximate surface area is 109 Å². The lowest BCUT2D eigenvalue weighted by Crippen LogP contribution is -2.11. The van der Waals surface area contributed by atoms with E-state index in [0.717, 1.165) is 17.0 Å². The average molecular weight is 265 g/mol. The van der Waals surface area contributed by atoms with E-state index in [9.17, 15) is 0 Å². The van der Waals surface area contributed by atoms with Crippen LogP contribution in [-0.2, 0) is 0 Å². The minimum absolute atomic E-state index is 0.344. The molecular weight excluding hydrogens is 250 g/mol. The molecule has 1 unspecified atom stereocenters. The van der Waals surface area contributed by atoms with Gasteiger partial charge < -0.3 is 0 Å². The molecule has 0 radical (unpaired) electrons. The van der Waals surface area contributed by atoms with Crippen molar-refractivity contribution < 1.29 is 0 Å². The van der Waals surface area contributed by atoms with E-state index in [1.54, 1.807) is 11.3 Å². The Morgan fingerprint density at radius 3 is 3.06 bits per heavy atom. The van der Waals surface area contributed by atoms with E-state index >= 15 is 0 Å². The second-order valence-corrected chi connectivity index (χ2v) is 5.84. The molecule has 0 spiro atoms. The topological polar surface area (TPSA) is 33.6 Å². The maximum absolute atomic E-state index is 5.39. The summed E-state index contributed by atoms with van der Waals surface area (Å²) >= 11 is 7.18. The van der Waals surface area contributed by atoms with Crippen LogP contribution in [0.3, 0.4) is 0 Å². The van der Waals surface area contributed by atoms with Crippen LogP contribution in [0.25, 0.3) is 0 Å². The molecule has 0 bridgehead atoms. The Balaban J connectivity index is 2.07. The molecule has 90 valence electrons. The zero-order valence-electron chi connectivity index (χ0n) is 9.72. The number of nitrogens with zero attached hydrogens (tertiary/aromatic N) is 2. The van der Waals surface area contributed by atoms with E-state index in [-0.39, 0.29) is 0 Å². The van der Waals surface area contributed by atoms with Crippen LogP contribution in [0.2, 0.25) is 0 Å². The summed E-state index contributed by atoms with van der Waals surface area (Å²) in [6.07, 6.45) is 3.55. The molecule has 1 N–H and O–H groups in total. The van der Waals surface area contributed by atoms with Crippen LogP contribution < -0.4 is 0 Å². The van der Waals surface area contributed by atoms with E-state index < -0.39 is 0 Å². The first-order valence-electron chi connectivity index (χ1n) is 6.01. The Morgan fingerprint density at radius 2 is 2.47 bits per heavy atom. The van der Waals surface area contributed by atoms with Gasteiger partial charge in [-0.15, -0.1) is 11.3 Å². The summed E-state index contributed by atoms with van der Waals surface area (Å²) in [5.41, 5.74) is 0. The van der Waals surface area contributed by atoms with E-state index in [1.165, 1.54) is 17.7 Å². The van der Waals surface area contributed by atoms with E-state index in [4.69, 9.17) is 12.2 Å². The van der Waals surface area contributed by atoms with Crippen LogP contribution in [0, 0.1) is 4.77 Å². The Kier molecular flexibility index (Phi) is 2.88. The SMILES string of the molecule is CCC(c1cccs1)n1c(C2CC2)n[nH]c1=S. The quantitative estimate of drug-likeness (QED) is 0.851. The van der Waals surface area contributed by atoms with Crippen molar-refractivity contribution in [3.8, 4) is 0 Å². The van der Waals surface area contributed by atoms with Crippen LogP contribution >= 0.6 is 23.6 Å². The van der Waals surface area contributed by atoms with Gasteiger partial charge in [0.15, 0.2) is 4.77 Å². The zero-order chi connectivity index (χ0) is 11.8. The monoisotopic (exact) mass is 265 g/mol. The summed E-state index contributed by atoms with van der Waals surface area (Å²) in [5.74, 6) is 1.77. The fraction of sp³-hybridized carbons (Fsp3) is 0.500. The predicted octanol–water partition coefficient (Wildman–Crippen LogP) is 3.88. The first-order valence-corrected chi connectivity index (χ1v) is 7.30. The molecule has 1 aliphatic carbocycles. The van der Waals surface area contributed by atoms with Crippen molar-refractivity contribution >= 4 is 23.6 Å². The maximum atomic E-state index is 5.39. The molecule has 1 aliphatic rings. The van der Waals surface area contributed by atoms with Crippen LogP contribution in [0.1, 0.15) is 48.8 Å². The molecule has 2 aromatic rings. The number of thiophene rings is 1. The average Bonchev–Trinajstić information content (AvgIpc) is 2.89. The normalized spacial score (nSPS) is 17.2. The van der Waals surface area contributed by atoms with Crippen LogP contribution in [-0.4, -0.2) is 14.8 Å². The summed E-state index contributed by atoms with van der Waals surface area (Å²) in [6.45, 7) is 2.20. The number of hydrogen-bond acceptors (Lipinski definition) is 3. The van der Waals surface area contributed by atoms with Gasteiger partial charge in [-0.05, 0) is 42.9 Å². The molecule has 1 saturated carbocycles. The predicted molar refractivity (Wildman–Crippen MR) is 72.1 cm³/mol. The molecule has 0 aromatic carbocycles. The van der Waals surface area contributed by atoms with E-state index in [0.29, 0.717) is 12.0 Å². The highest BCUT2D eigenvalue weighted by molar-refractivity contribution is 7.71. The van der Waals surface area contributed by atoms with Gasteiger partial charge >= 0.3 is 0 Å². The maximum Gasteiger partial charge on any atom is 0.195 e. The first kappa shape index (κ1) is 11.2. The summed E-state index contributed by atoms with van der Waals surface area (Å²) < 4.78 is 2.98.